The molecule has 0 aliphatic carbocycles. The SMILES string of the molecule is Cc1nc(-c2cccc(NC(=S)NCCC[NH+]3CCOCC3)c2)cs1. The highest BCUT2D eigenvalue weighted by atomic mass is 32.1. The minimum absolute atomic E-state index is 0.670. The number of nitrogens with zero attached hydrogens (tertiary/aromatic N) is 1. The van der Waals surface area contributed by atoms with Gasteiger partial charge in [-0.2, -0.15) is 0 Å². The van der Waals surface area contributed by atoms with Crippen molar-refractivity contribution >= 4 is 34.4 Å². The van der Waals surface area contributed by atoms with Crippen molar-refractivity contribution in [3.8, 4) is 11.3 Å². The van der Waals surface area contributed by atoms with Crippen molar-refractivity contribution < 1.29 is 9.64 Å². The molecule has 0 amide bonds. The van der Waals surface area contributed by atoms with Gasteiger partial charge in [0.15, 0.2) is 5.11 Å². The van der Waals surface area contributed by atoms with Crippen molar-refractivity contribution in [2.24, 2.45) is 0 Å². The normalized spacial score (nSPS) is 15.1. The maximum absolute atomic E-state index is 5.41. The lowest BCUT2D eigenvalue weighted by atomic mass is 10.1. The molecule has 0 radical (unpaired) electrons. The zero-order valence-electron chi connectivity index (χ0n) is 14.5. The van der Waals surface area contributed by atoms with Crippen molar-refractivity contribution in [2.45, 2.75) is 13.3 Å². The average Bonchev–Trinajstić information content (AvgIpc) is 3.06. The van der Waals surface area contributed by atoms with Crippen molar-refractivity contribution in [1.29, 1.82) is 0 Å². The van der Waals surface area contributed by atoms with Crippen LogP contribution in [0.25, 0.3) is 11.3 Å². The van der Waals surface area contributed by atoms with Gasteiger partial charge in [0.2, 0.25) is 0 Å². The number of anilines is 1. The molecule has 1 aliphatic heterocycles. The number of rotatable bonds is 6. The Labute approximate surface area is 158 Å². The minimum Gasteiger partial charge on any atom is -0.370 e. The number of thiocarbonyl (C=S) groups is 1. The predicted octanol–water partition coefficient (Wildman–Crippen LogP) is 1.71. The Morgan fingerprint density at radius 1 is 1.36 bits per heavy atom. The predicted molar refractivity (Wildman–Crippen MR) is 108 cm³/mol. The Bertz CT molecular complexity index is 698. The van der Waals surface area contributed by atoms with E-state index in [2.05, 4.69) is 33.1 Å². The summed E-state index contributed by atoms with van der Waals surface area (Å²) in [5.74, 6) is 0. The highest BCUT2D eigenvalue weighted by Crippen LogP contribution is 2.24. The topological polar surface area (TPSA) is 50.6 Å². The summed E-state index contributed by atoms with van der Waals surface area (Å²) in [4.78, 5) is 6.16. The van der Waals surface area contributed by atoms with E-state index in [0.717, 1.165) is 67.8 Å². The molecular formula is C18H25N4OS2+. The first kappa shape index (κ1) is 18.3. The Morgan fingerprint density at radius 3 is 2.96 bits per heavy atom. The van der Waals surface area contributed by atoms with Gasteiger partial charge in [-0.15, -0.1) is 11.3 Å². The first-order chi connectivity index (χ1) is 12.2. The molecule has 0 unspecified atom stereocenters. The molecule has 0 atom stereocenters. The Hall–Kier alpha value is -1.54. The van der Waals surface area contributed by atoms with Gasteiger partial charge in [0.05, 0.1) is 30.5 Å². The van der Waals surface area contributed by atoms with Crippen LogP contribution in [0, 0.1) is 6.92 Å². The number of benzene rings is 1. The monoisotopic (exact) mass is 377 g/mol. The van der Waals surface area contributed by atoms with Crippen LogP contribution in [-0.4, -0.2) is 49.5 Å². The number of hydrogen-bond acceptors (Lipinski definition) is 4. The summed E-state index contributed by atoms with van der Waals surface area (Å²) in [6.07, 6.45) is 1.11. The van der Waals surface area contributed by atoms with Crippen LogP contribution in [0.5, 0.6) is 0 Å². The number of hydrogen-bond donors (Lipinski definition) is 3. The van der Waals surface area contributed by atoms with Gasteiger partial charge < -0.3 is 20.3 Å². The van der Waals surface area contributed by atoms with E-state index in [1.54, 1.807) is 16.2 Å². The highest BCUT2D eigenvalue weighted by molar-refractivity contribution is 7.80. The summed E-state index contributed by atoms with van der Waals surface area (Å²) in [5, 5.41) is 10.4. The van der Waals surface area contributed by atoms with Crippen molar-refractivity contribution in [3.63, 3.8) is 0 Å². The first-order valence-electron chi connectivity index (χ1n) is 8.69. The fourth-order valence-electron chi connectivity index (χ4n) is 2.88. The van der Waals surface area contributed by atoms with Crippen LogP contribution in [0.4, 0.5) is 5.69 Å². The number of nitrogens with one attached hydrogen (secondary N) is 3. The van der Waals surface area contributed by atoms with Crippen LogP contribution >= 0.6 is 23.6 Å². The summed E-state index contributed by atoms with van der Waals surface area (Å²) < 4.78 is 5.38. The molecule has 1 aromatic heterocycles. The van der Waals surface area contributed by atoms with Crippen LogP contribution in [0.2, 0.25) is 0 Å². The van der Waals surface area contributed by atoms with Gasteiger partial charge in [0.25, 0.3) is 0 Å². The molecule has 2 aromatic rings. The van der Waals surface area contributed by atoms with Crippen molar-refractivity contribution in [2.75, 3.05) is 44.7 Å². The third kappa shape index (κ3) is 5.74. The van der Waals surface area contributed by atoms with E-state index in [9.17, 15) is 0 Å². The van der Waals surface area contributed by atoms with E-state index in [1.807, 2.05) is 19.1 Å². The number of morpholine rings is 1. The Balaban J connectivity index is 1.43. The van der Waals surface area contributed by atoms with Gasteiger partial charge in [0, 0.05) is 29.6 Å². The zero-order valence-corrected chi connectivity index (χ0v) is 16.1. The molecule has 3 N–H and O–H groups in total. The molecule has 1 saturated heterocycles. The largest absolute Gasteiger partial charge is 0.370 e. The lowest BCUT2D eigenvalue weighted by Crippen LogP contribution is -3.14. The molecule has 0 spiro atoms. The van der Waals surface area contributed by atoms with Crippen LogP contribution in [0.3, 0.4) is 0 Å². The third-order valence-electron chi connectivity index (χ3n) is 4.23. The maximum atomic E-state index is 5.41. The van der Waals surface area contributed by atoms with Crippen molar-refractivity contribution in [3.05, 3.63) is 34.7 Å². The smallest absolute Gasteiger partial charge is 0.170 e. The summed E-state index contributed by atoms with van der Waals surface area (Å²) in [7, 11) is 0. The van der Waals surface area contributed by atoms with Crippen LogP contribution in [0.15, 0.2) is 29.6 Å². The molecule has 1 fully saturated rings. The van der Waals surface area contributed by atoms with Gasteiger partial charge in [-0.25, -0.2) is 4.98 Å². The summed E-state index contributed by atoms with van der Waals surface area (Å²) in [6.45, 7) is 8.08. The number of thiazole rings is 1. The van der Waals surface area contributed by atoms with E-state index < -0.39 is 0 Å². The van der Waals surface area contributed by atoms with Gasteiger partial charge in [0.1, 0.15) is 13.1 Å². The fraction of sp³-hybridized carbons (Fsp3) is 0.444. The van der Waals surface area contributed by atoms with E-state index in [0.29, 0.717) is 5.11 Å². The van der Waals surface area contributed by atoms with Crippen LogP contribution in [0.1, 0.15) is 11.4 Å². The molecule has 25 heavy (non-hydrogen) atoms. The van der Waals surface area contributed by atoms with Gasteiger partial charge >= 0.3 is 0 Å². The molecule has 7 heteroatoms. The van der Waals surface area contributed by atoms with E-state index in [-0.39, 0.29) is 0 Å². The summed E-state index contributed by atoms with van der Waals surface area (Å²) in [5.41, 5.74) is 3.10. The second-order valence-electron chi connectivity index (χ2n) is 6.18. The molecule has 1 aromatic carbocycles. The average molecular weight is 378 g/mol. The molecular weight excluding hydrogens is 352 g/mol. The molecule has 2 heterocycles. The quantitative estimate of drug-likeness (QED) is 0.529. The van der Waals surface area contributed by atoms with Gasteiger partial charge in [-0.1, -0.05) is 12.1 Å². The fourth-order valence-corrected chi connectivity index (χ4v) is 3.72. The zero-order chi connectivity index (χ0) is 17.5. The van der Waals surface area contributed by atoms with Gasteiger partial charge in [-0.05, 0) is 31.3 Å². The van der Waals surface area contributed by atoms with E-state index >= 15 is 0 Å². The lowest BCUT2D eigenvalue weighted by molar-refractivity contribution is -0.908. The number of ether oxygens (including phenoxy) is 1. The number of aromatic nitrogens is 1. The Morgan fingerprint density at radius 2 is 2.20 bits per heavy atom. The Kier molecular flexibility index (Phi) is 6.75. The second kappa shape index (κ2) is 9.24. The van der Waals surface area contributed by atoms with E-state index in [1.165, 1.54) is 0 Å². The lowest BCUT2D eigenvalue weighted by Gasteiger charge is -2.23. The van der Waals surface area contributed by atoms with Crippen molar-refractivity contribution in [1.82, 2.24) is 10.3 Å². The van der Waals surface area contributed by atoms with E-state index in [4.69, 9.17) is 17.0 Å². The van der Waals surface area contributed by atoms with Crippen LogP contribution in [-0.2, 0) is 4.74 Å². The molecule has 0 bridgehead atoms. The third-order valence-corrected chi connectivity index (χ3v) is 5.25. The summed E-state index contributed by atoms with van der Waals surface area (Å²) in [6, 6.07) is 8.20. The van der Waals surface area contributed by atoms with Gasteiger partial charge in [-0.3, -0.25) is 0 Å². The standard InChI is InChI=1S/C18H24N4OS2/c1-14-20-17(13-25-14)15-4-2-5-16(12-15)21-18(24)19-6-3-7-22-8-10-23-11-9-22/h2,4-5,12-13H,3,6-11H2,1H3,(H2,19,21,24)/p+1. The molecule has 134 valence electrons. The number of quaternary nitrogens is 1. The molecule has 3 rings (SSSR count). The molecule has 5 nitrogen and oxygen atoms in total. The van der Waals surface area contributed by atoms with Crippen LogP contribution < -0.4 is 15.5 Å². The number of aryl methyl sites for hydroxylation is 1. The second-order valence-corrected chi connectivity index (χ2v) is 7.65. The molecule has 1 aliphatic rings. The minimum atomic E-state index is 0.670. The summed E-state index contributed by atoms with van der Waals surface area (Å²) >= 11 is 7.07. The first-order valence-corrected chi connectivity index (χ1v) is 9.98. The maximum Gasteiger partial charge on any atom is 0.170 e. The highest BCUT2D eigenvalue weighted by Gasteiger charge is 2.12. The molecule has 0 saturated carbocycles.